The van der Waals surface area contributed by atoms with Gasteiger partial charge in [-0.3, -0.25) is 4.79 Å². The van der Waals surface area contributed by atoms with E-state index in [1.165, 1.54) is 11.3 Å². The Balaban J connectivity index is 2.32. The van der Waals surface area contributed by atoms with Gasteiger partial charge in [0.05, 0.1) is 5.39 Å². The summed E-state index contributed by atoms with van der Waals surface area (Å²) in [6.07, 6.45) is 5.21. The molecule has 2 heterocycles. The summed E-state index contributed by atoms with van der Waals surface area (Å²) in [7, 11) is 0. The molecular weight excluding hydrogens is 308 g/mol. The van der Waals surface area contributed by atoms with Crippen molar-refractivity contribution in [2.45, 2.75) is 0 Å². The molecule has 3 rings (SSSR count). The lowest BCUT2D eigenvalue weighted by Crippen LogP contribution is -2.10. The number of fused-ring (bicyclic) bond motifs is 1. The molecule has 21 heavy (non-hydrogen) atoms. The Morgan fingerprint density at radius 3 is 2.95 bits per heavy atom. The number of hydrogen-bond acceptors (Lipinski definition) is 4. The maximum atomic E-state index is 12.6. The highest BCUT2D eigenvalue weighted by Gasteiger charge is 2.18. The van der Waals surface area contributed by atoms with Gasteiger partial charge < -0.3 is 9.15 Å². The van der Waals surface area contributed by atoms with Crippen molar-refractivity contribution in [2.75, 3.05) is 6.61 Å². The number of rotatable bonds is 3. The number of thiophene rings is 1. The van der Waals surface area contributed by atoms with Gasteiger partial charge in [0, 0.05) is 16.0 Å². The molecule has 0 amide bonds. The Morgan fingerprint density at radius 2 is 2.24 bits per heavy atom. The highest BCUT2D eigenvalue weighted by molar-refractivity contribution is 7.08. The maximum Gasteiger partial charge on any atom is 0.235 e. The first-order valence-electron chi connectivity index (χ1n) is 6.06. The van der Waals surface area contributed by atoms with Gasteiger partial charge in [0.15, 0.2) is 5.76 Å². The van der Waals surface area contributed by atoms with Crippen molar-refractivity contribution in [3.05, 3.63) is 50.3 Å². The summed E-state index contributed by atoms with van der Waals surface area (Å²) < 4.78 is 11.2. The smallest absolute Gasteiger partial charge is 0.235 e. The second-order valence-corrected chi connectivity index (χ2v) is 5.45. The van der Waals surface area contributed by atoms with Gasteiger partial charge in [-0.25, -0.2) is 0 Å². The van der Waals surface area contributed by atoms with Crippen LogP contribution in [0.25, 0.3) is 22.3 Å². The lowest BCUT2D eigenvalue weighted by Gasteiger charge is -2.09. The monoisotopic (exact) mass is 316 g/mol. The maximum absolute atomic E-state index is 12.6. The summed E-state index contributed by atoms with van der Waals surface area (Å²) in [4.78, 5) is 12.6. The predicted molar refractivity (Wildman–Crippen MR) is 85.1 cm³/mol. The van der Waals surface area contributed by atoms with E-state index < -0.39 is 0 Å². The fraction of sp³-hybridized carbons (Fsp3) is 0.0625. The molecule has 0 fully saturated rings. The van der Waals surface area contributed by atoms with Gasteiger partial charge in [0.25, 0.3) is 0 Å². The average molecular weight is 317 g/mol. The standard InChI is InChI=1S/C16H9ClO3S/c1-2-6-19-16-14(18)12-8-11(17)3-4-13(12)20-15(16)10-5-7-21-9-10/h1,3-5,7-9H,6H2. The second kappa shape index (κ2) is 5.65. The molecule has 5 heteroatoms. The third kappa shape index (κ3) is 2.54. The predicted octanol–water partition coefficient (Wildman–Crippen LogP) is 4.19. The van der Waals surface area contributed by atoms with Gasteiger partial charge >= 0.3 is 0 Å². The van der Waals surface area contributed by atoms with E-state index in [2.05, 4.69) is 5.92 Å². The van der Waals surface area contributed by atoms with Gasteiger partial charge in [-0.2, -0.15) is 11.3 Å². The zero-order valence-corrected chi connectivity index (χ0v) is 12.3. The molecule has 0 saturated heterocycles. The van der Waals surface area contributed by atoms with E-state index in [1.54, 1.807) is 18.2 Å². The normalized spacial score (nSPS) is 10.5. The van der Waals surface area contributed by atoms with Crippen LogP contribution in [0.1, 0.15) is 0 Å². The SMILES string of the molecule is C#CCOc1c(-c2ccsc2)oc2ccc(Cl)cc2c1=O. The zero-order valence-electron chi connectivity index (χ0n) is 10.8. The summed E-state index contributed by atoms with van der Waals surface area (Å²) in [5.41, 5.74) is 0.954. The number of terminal acetylenes is 1. The van der Waals surface area contributed by atoms with Crippen molar-refractivity contribution in [1.29, 1.82) is 0 Å². The molecule has 0 aliphatic carbocycles. The van der Waals surface area contributed by atoms with E-state index in [-0.39, 0.29) is 17.8 Å². The molecule has 104 valence electrons. The van der Waals surface area contributed by atoms with Crippen LogP contribution in [0.2, 0.25) is 5.02 Å². The van der Waals surface area contributed by atoms with Gasteiger partial charge in [-0.15, -0.1) is 6.42 Å². The summed E-state index contributed by atoms with van der Waals surface area (Å²) in [6.45, 7) is -0.00598. The van der Waals surface area contributed by atoms with Crippen LogP contribution in [0, 0.1) is 12.3 Å². The molecule has 2 aromatic heterocycles. The number of halogens is 1. The molecule has 0 spiro atoms. The molecule has 0 aliphatic heterocycles. The fourth-order valence-corrected chi connectivity index (χ4v) is 2.79. The van der Waals surface area contributed by atoms with Crippen molar-refractivity contribution >= 4 is 33.9 Å². The molecule has 1 aromatic carbocycles. The van der Waals surface area contributed by atoms with Crippen LogP contribution < -0.4 is 10.2 Å². The largest absolute Gasteiger partial charge is 0.473 e. The van der Waals surface area contributed by atoms with Gasteiger partial charge in [0.2, 0.25) is 11.2 Å². The van der Waals surface area contributed by atoms with E-state index in [9.17, 15) is 4.79 Å². The van der Waals surface area contributed by atoms with Gasteiger partial charge in [-0.1, -0.05) is 17.5 Å². The molecule has 0 aliphatic rings. The lowest BCUT2D eigenvalue weighted by molar-refractivity contribution is 0.358. The first-order chi connectivity index (χ1) is 10.2. The molecule has 0 saturated carbocycles. The first-order valence-corrected chi connectivity index (χ1v) is 7.38. The van der Waals surface area contributed by atoms with Crippen molar-refractivity contribution in [2.24, 2.45) is 0 Å². The van der Waals surface area contributed by atoms with Crippen LogP contribution in [-0.4, -0.2) is 6.61 Å². The van der Waals surface area contributed by atoms with Crippen LogP contribution in [0.5, 0.6) is 5.75 Å². The molecule has 0 atom stereocenters. The summed E-state index contributed by atoms with van der Waals surface area (Å²) >= 11 is 7.44. The van der Waals surface area contributed by atoms with E-state index in [0.29, 0.717) is 21.8 Å². The summed E-state index contributed by atoms with van der Waals surface area (Å²) in [6, 6.07) is 6.75. The average Bonchev–Trinajstić information content (AvgIpc) is 3.01. The van der Waals surface area contributed by atoms with Crippen LogP contribution in [0.4, 0.5) is 0 Å². The molecule has 0 bridgehead atoms. The minimum absolute atomic E-state index is 0.00598. The minimum Gasteiger partial charge on any atom is -0.473 e. The van der Waals surface area contributed by atoms with E-state index in [4.69, 9.17) is 27.2 Å². The highest BCUT2D eigenvalue weighted by atomic mass is 35.5. The van der Waals surface area contributed by atoms with Gasteiger partial charge in [-0.05, 0) is 29.6 Å². The molecule has 0 unspecified atom stereocenters. The Morgan fingerprint density at radius 1 is 1.38 bits per heavy atom. The number of benzene rings is 1. The Kier molecular flexibility index (Phi) is 3.70. The fourth-order valence-electron chi connectivity index (χ4n) is 1.98. The zero-order chi connectivity index (χ0) is 14.8. The van der Waals surface area contributed by atoms with E-state index in [1.807, 2.05) is 16.8 Å². The summed E-state index contributed by atoms with van der Waals surface area (Å²) in [5, 5.41) is 4.60. The molecule has 3 nitrogen and oxygen atoms in total. The highest BCUT2D eigenvalue weighted by Crippen LogP contribution is 2.32. The number of ether oxygens (including phenoxy) is 1. The third-order valence-electron chi connectivity index (χ3n) is 2.89. The van der Waals surface area contributed by atoms with Crippen LogP contribution >= 0.6 is 22.9 Å². The van der Waals surface area contributed by atoms with Gasteiger partial charge in [0.1, 0.15) is 12.2 Å². The van der Waals surface area contributed by atoms with Crippen molar-refractivity contribution in [3.8, 4) is 29.4 Å². The Labute approximate surface area is 129 Å². The van der Waals surface area contributed by atoms with Crippen LogP contribution in [0.15, 0.2) is 44.2 Å². The minimum atomic E-state index is -0.282. The second-order valence-electron chi connectivity index (χ2n) is 4.23. The van der Waals surface area contributed by atoms with Crippen LogP contribution in [-0.2, 0) is 0 Å². The Bertz CT molecular complexity index is 888. The van der Waals surface area contributed by atoms with E-state index in [0.717, 1.165) is 5.56 Å². The van der Waals surface area contributed by atoms with Crippen LogP contribution in [0.3, 0.4) is 0 Å². The summed E-state index contributed by atoms with van der Waals surface area (Å²) in [5.74, 6) is 2.84. The van der Waals surface area contributed by atoms with Crippen molar-refractivity contribution < 1.29 is 9.15 Å². The lowest BCUT2D eigenvalue weighted by atomic mass is 10.1. The molecular formula is C16H9ClO3S. The molecule has 3 aromatic rings. The Hall–Kier alpha value is -2.22. The van der Waals surface area contributed by atoms with Crippen molar-refractivity contribution in [1.82, 2.24) is 0 Å². The third-order valence-corrected chi connectivity index (χ3v) is 3.81. The van der Waals surface area contributed by atoms with E-state index >= 15 is 0 Å². The molecule has 0 radical (unpaired) electrons. The quantitative estimate of drug-likeness (QED) is 0.680. The number of hydrogen-bond donors (Lipinski definition) is 0. The first kappa shape index (κ1) is 13.7. The van der Waals surface area contributed by atoms with Crippen molar-refractivity contribution in [3.63, 3.8) is 0 Å². The molecule has 0 N–H and O–H groups in total. The topological polar surface area (TPSA) is 39.4 Å².